The smallest absolute Gasteiger partial charge is 0.239 e. The molecule has 0 saturated carbocycles. The highest BCUT2D eigenvalue weighted by atomic mass is 16.2. The summed E-state index contributed by atoms with van der Waals surface area (Å²) in [4.78, 5) is 22.4. The van der Waals surface area contributed by atoms with Gasteiger partial charge in [0, 0.05) is 25.3 Å². The van der Waals surface area contributed by atoms with Gasteiger partial charge in [0.2, 0.25) is 11.9 Å². The van der Waals surface area contributed by atoms with Crippen molar-refractivity contribution in [1.29, 1.82) is 0 Å². The van der Waals surface area contributed by atoms with Gasteiger partial charge in [0.1, 0.15) is 5.82 Å². The fourth-order valence-corrected chi connectivity index (χ4v) is 1.74. The maximum absolute atomic E-state index is 11.8. The number of hydrogen-bond donors (Lipinski definition) is 2. The van der Waals surface area contributed by atoms with Gasteiger partial charge in [-0.3, -0.25) is 4.79 Å². The van der Waals surface area contributed by atoms with E-state index in [0.717, 1.165) is 25.3 Å². The number of likely N-dealkylation sites (N-methyl/N-ethyl adjacent to an activating group) is 1. The molecule has 1 heterocycles. The van der Waals surface area contributed by atoms with Crippen molar-refractivity contribution in [2.24, 2.45) is 0 Å². The molecule has 0 aliphatic carbocycles. The van der Waals surface area contributed by atoms with Crippen LogP contribution in [-0.4, -0.2) is 41.6 Å². The molecular weight excluding hydrogens is 254 g/mol. The van der Waals surface area contributed by atoms with Crippen molar-refractivity contribution >= 4 is 17.7 Å². The van der Waals surface area contributed by atoms with Gasteiger partial charge >= 0.3 is 0 Å². The van der Waals surface area contributed by atoms with Crippen molar-refractivity contribution in [3.05, 3.63) is 12.3 Å². The second-order valence-corrected chi connectivity index (χ2v) is 4.90. The first-order valence-corrected chi connectivity index (χ1v) is 7.18. The molecule has 0 saturated heterocycles. The zero-order valence-corrected chi connectivity index (χ0v) is 12.8. The lowest BCUT2D eigenvalue weighted by Gasteiger charge is -2.22. The predicted molar refractivity (Wildman–Crippen MR) is 82.0 cm³/mol. The minimum Gasteiger partial charge on any atom is -0.354 e. The van der Waals surface area contributed by atoms with Gasteiger partial charge in [-0.05, 0) is 33.3 Å². The third kappa shape index (κ3) is 5.42. The van der Waals surface area contributed by atoms with Crippen LogP contribution in [0.15, 0.2) is 12.3 Å². The Balaban J connectivity index is 2.71. The van der Waals surface area contributed by atoms with E-state index in [2.05, 4.69) is 27.5 Å². The fraction of sp³-hybridized carbons (Fsp3) is 0.643. The maximum Gasteiger partial charge on any atom is 0.239 e. The monoisotopic (exact) mass is 279 g/mol. The van der Waals surface area contributed by atoms with Crippen LogP contribution >= 0.6 is 0 Å². The summed E-state index contributed by atoms with van der Waals surface area (Å²) < 4.78 is 0. The van der Waals surface area contributed by atoms with Crippen LogP contribution < -0.4 is 15.5 Å². The van der Waals surface area contributed by atoms with E-state index in [1.54, 1.807) is 6.20 Å². The highest BCUT2D eigenvalue weighted by molar-refractivity contribution is 5.81. The number of hydrogen-bond acceptors (Lipinski definition) is 5. The highest BCUT2D eigenvalue weighted by Crippen LogP contribution is 2.11. The highest BCUT2D eigenvalue weighted by Gasteiger charge is 2.12. The van der Waals surface area contributed by atoms with E-state index in [1.165, 1.54) is 0 Å². The molecule has 0 unspecified atom stereocenters. The maximum atomic E-state index is 11.8. The third-order valence-corrected chi connectivity index (χ3v) is 2.66. The van der Waals surface area contributed by atoms with Gasteiger partial charge in [-0.1, -0.05) is 6.92 Å². The van der Waals surface area contributed by atoms with Crippen molar-refractivity contribution in [2.45, 2.75) is 40.2 Å². The average molecular weight is 279 g/mol. The molecule has 0 spiro atoms. The summed E-state index contributed by atoms with van der Waals surface area (Å²) in [6.45, 7) is 9.85. The molecule has 6 heteroatoms. The second-order valence-electron chi connectivity index (χ2n) is 4.90. The van der Waals surface area contributed by atoms with Crippen LogP contribution in [0.5, 0.6) is 0 Å². The summed E-state index contributed by atoms with van der Waals surface area (Å²) in [5.41, 5.74) is 0. The Labute approximate surface area is 121 Å². The van der Waals surface area contributed by atoms with Gasteiger partial charge in [0.25, 0.3) is 0 Å². The molecule has 0 atom stereocenters. The van der Waals surface area contributed by atoms with Crippen molar-refractivity contribution < 1.29 is 4.79 Å². The van der Waals surface area contributed by atoms with E-state index in [9.17, 15) is 4.79 Å². The summed E-state index contributed by atoms with van der Waals surface area (Å²) >= 11 is 0. The minimum absolute atomic E-state index is 0.00327. The van der Waals surface area contributed by atoms with Crippen LogP contribution in [-0.2, 0) is 4.79 Å². The summed E-state index contributed by atoms with van der Waals surface area (Å²) in [7, 11) is 0. The Morgan fingerprint density at radius 1 is 1.40 bits per heavy atom. The van der Waals surface area contributed by atoms with E-state index < -0.39 is 0 Å². The molecule has 0 aromatic carbocycles. The van der Waals surface area contributed by atoms with Crippen molar-refractivity contribution in [2.75, 3.05) is 29.9 Å². The summed E-state index contributed by atoms with van der Waals surface area (Å²) in [6.07, 6.45) is 2.73. The van der Waals surface area contributed by atoms with Crippen LogP contribution in [0.2, 0.25) is 0 Å². The summed E-state index contributed by atoms with van der Waals surface area (Å²) in [6, 6.07) is 1.97. The quantitative estimate of drug-likeness (QED) is 0.757. The first-order chi connectivity index (χ1) is 9.56. The molecule has 0 aliphatic heterocycles. The number of carbonyl (C=O) groups is 1. The number of aromatic nitrogens is 2. The van der Waals surface area contributed by atoms with E-state index in [1.807, 2.05) is 31.7 Å². The topological polar surface area (TPSA) is 70.2 Å². The fourth-order valence-electron chi connectivity index (χ4n) is 1.74. The molecule has 112 valence electrons. The van der Waals surface area contributed by atoms with Crippen LogP contribution in [0.4, 0.5) is 11.8 Å². The van der Waals surface area contributed by atoms with Gasteiger partial charge in [-0.2, -0.15) is 4.98 Å². The number of nitrogens with zero attached hydrogens (tertiary/aromatic N) is 3. The number of anilines is 2. The Bertz CT molecular complexity index is 422. The number of rotatable bonds is 8. The summed E-state index contributed by atoms with van der Waals surface area (Å²) in [5.74, 6) is 1.37. The predicted octanol–water partition coefficient (Wildman–Crippen LogP) is 1.65. The first kappa shape index (κ1) is 16.2. The molecule has 20 heavy (non-hydrogen) atoms. The molecule has 0 fully saturated rings. The van der Waals surface area contributed by atoms with E-state index in [4.69, 9.17) is 0 Å². The normalized spacial score (nSPS) is 10.4. The molecule has 1 rings (SSSR count). The minimum atomic E-state index is 0.00327. The van der Waals surface area contributed by atoms with Crippen molar-refractivity contribution in [3.63, 3.8) is 0 Å². The molecule has 2 N–H and O–H groups in total. The van der Waals surface area contributed by atoms with Crippen LogP contribution in [0.1, 0.15) is 34.1 Å². The van der Waals surface area contributed by atoms with Gasteiger partial charge in [-0.25, -0.2) is 4.98 Å². The zero-order valence-electron chi connectivity index (χ0n) is 12.8. The lowest BCUT2D eigenvalue weighted by molar-refractivity contribution is -0.120. The Kier molecular flexibility index (Phi) is 6.76. The lowest BCUT2D eigenvalue weighted by atomic mass is 10.3. The summed E-state index contributed by atoms with van der Waals surface area (Å²) in [5, 5.41) is 6.04. The van der Waals surface area contributed by atoms with Gasteiger partial charge in [-0.15, -0.1) is 0 Å². The van der Waals surface area contributed by atoms with E-state index >= 15 is 0 Å². The largest absolute Gasteiger partial charge is 0.354 e. The number of nitrogens with one attached hydrogen (secondary N) is 2. The van der Waals surface area contributed by atoms with Crippen LogP contribution in [0.3, 0.4) is 0 Å². The standard InChI is InChI=1S/C14H25N5O/c1-5-8-15-14-16-9-7-12(18-14)19(6-2)10-13(20)17-11(3)4/h7,9,11H,5-6,8,10H2,1-4H3,(H,17,20)(H,15,16,18). The van der Waals surface area contributed by atoms with Crippen LogP contribution in [0.25, 0.3) is 0 Å². The third-order valence-electron chi connectivity index (χ3n) is 2.66. The van der Waals surface area contributed by atoms with Gasteiger partial charge in [0.15, 0.2) is 0 Å². The first-order valence-electron chi connectivity index (χ1n) is 7.18. The second kappa shape index (κ2) is 8.35. The Morgan fingerprint density at radius 3 is 2.75 bits per heavy atom. The van der Waals surface area contributed by atoms with Crippen LogP contribution in [0, 0.1) is 0 Å². The molecule has 1 aromatic rings. The Hall–Kier alpha value is -1.85. The Morgan fingerprint density at radius 2 is 2.15 bits per heavy atom. The molecule has 0 aliphatic rings. The van der Waals surface area contributed by atoms with Gasteiger partial charge in [0.05, 0.1) is 6.54 Å². The molecule has 1 aromatic heterocycles. The average Bonchev–Trinajstić information content (AvgIpc) is 2.42. The molecule has 1 amide bonds. The van der Waals surface area contributed by atoms with Gasteiger partial charge < -0.3 is 15.5 Å². The molecule has 6 nitrogen and oxygen atoms in total. The van der Waals surface area contributed by atoms with Crippen molar-refractivity contribution in [1.82, 2.24) is 15.3 Å². The van der Waals surface area contributed by atoms with E-state index in [-0.39, 0.29) is 11.9 Å². The van der Waals surface area contributed by atoms with Crippen molar-refractivity contribution in [3.8, 4) is 0 Å². The SMILES string of the molecule is CCCNc1nccc(N(CC)CC(=O)NC(C)C)n1. The molecule has 0 bridgehead atoms. The van der Waals surface area contributed by atoms with E-state index in [0.29, 0.717) is 12.5 Å². The molecule has 0 radical (unpaired) electrons. The zero-order chi connectivity index (χ0) is 15.0. The lowest BCUT2D eigenvalue weighted by Crippen LogP contribution is -2.40. The number of amides is 1. The molecular formula is C14H25N5O. The number of carbonyl (C=O) groups excluding carboxylic acids is 1.